The molecule has 0 spiro atoms. The number of hydrogen-bond donors (Lipinski definition) is 1. The molecule has 2 amide bonds. The van der Waals surface area contributed by atoms with Crippen molar-refractivity contribution in [2.45, 2.75) is 53.0 Å². The van der Waals surface area contributed by atoms with Gasteiger partial charge in [0, 0.05) is 31.5 Å². The Morgan fingerprint density at radius 3 is 2.17 bits per heavy atom. The molecule has 1 heterocycles. The smallest absolute Gasteiger partial charge is 0.223 e. The quantitative estimate of drug-likeness (QED) is 0.831. The lowest BCUT2D eigenvalue weighted by molar-refractivity contribution is -0.136. The van der Waals surface area contributed by atoms with Gasteiger partial charge in [-0.1, -0.05) is 13.8 Å². The van der Waals surface area contributed by atoms with Crippen LogP contribution in [0.3, 0.4) is 0 Å². The molecule has 1 aliphatic rings. The molecule has 1 saturated heterocycles. The minimum atomic E-state index is 0.0792. The summed E-state index contributed by atoms with van der Waals surface area (Å²) in [6, 6.07) is 0.193. The van der Waals surface area contributed by atoms with Gasteiger partial charge in [0.1, 0.15) is 0 Å². The molecule has 1 fully saturated rings. The van der Waals surface area contributed by atoms with Gasteiger partial charge in [0.05, 0.1) is 0 Å². The zero-order valence-corrected chi connectivity index (χ0v) is 12.0. The van der Waals surface area contributed by atoms with Crippen LogP contribution in [0.2, 0.25) is 0 Å². The second-order valence-electron chi connectivity index (χ2n) is 5.92. The van der Waals surface area contributed by atoms with Crippen molar-refractivity contribution in [2.75, 3.05) is 13.1 Å². The molecule has 0 unspecified atom stereocenters. The fraction of sp³-hybridized carbons (Fsp3) is 0.857. The number of carbonyl (C=O) groups excluding carboxylic acids is 2. The highest BCUT2D eigenvalue weighted by Gasteiger charge is 2.27. The molecular formula is C14H26N2O2. The second kappa shape index (κ2) is 6.76. The molecule has 18 heavy (non-hydrogen) atoms. The number of amides is 2. The predicted octanol–water partition coefficient (Wildman–Crippen LogP) is 1.80. The van der Waals surface area contributed by atoms with Crippen molar-refractivity contribution in [3.63, 3.8) is 0 Å². The lowest BCUT2D eigenvalue weighted by atomic mass is 9.95. The van der Waals surface area contributed by atoms with Crippen LogP contribution < -0.4 is 5.32 Å². The molecule has 1 N–H and O–H groups in total. The average molecular weight is 254 g/mol. The van der Waals surface area contributed by atoms with Crippen LogP contribution in [0, 0.1) is 11.8 Å². The molecule has 4 heteroatoms. The second-order valence-corrected chi connectivity index (χ2v) is 5.92. The van der Waals surface area contributed by atoms with E-state index in [4.69, 9.17) is 0 Å². The molecule has 4 nitrogen and oxygen atoms in total. The normalized spacial score (nSPS) is 17.3. The summed E-state index contributed by atoms with van der Waals surface area (Å²) in [4.78, 5) is 25.6. The first-order valence-electron chi connectivity index (χ1n) is 6.98. The van der Waals surface area contributed by atoms with Crippen LogP contribution in [0.4, 0.5) is 0 Å². The van der Waals surface area contributed by atoms with E-state index in [1.807, 2.05) is 18.7 Å². The first-order chi connectivity index (χ1) is 8.40. The molecular weight excluding hydrogens is 228 g/mol. The van der Waals surface area contributed by atoms with Gasteiger partial charge < -0.3 is 10.2 Å². The minimum absolute atomic E-state index is 0.0792. The number of nitrogens with one attached hydrogen (secondary N) is 1. The van der Waals surface area contributed by atoms with Crippen molar-refractivity contribution >= 4 is 11.8 Å². The Morgan fingerprint density at radius 2 is 1.72 bits per heavy atom. The number of hydrogen-bond acceptors (Lipinski definition) is 2. The van der Waals surface area contributed by atoms with E-state index in [0.717, 1.165) is 25.9 Å². The molecule has 0 aromatic carbocycles. The Hall–Kier alpha value is -1.06. The fourth-order valence-electron chi connectivity index (χ4n) is 2.27. The van der Waals surface area contributed by atoms with Crippen LogP contribution in [0.25, 0.3) is 0 Å². The summed E-state index contributed by atoms with van der Waals surface area (Å²) in [5, 5.41) is 2.95. The Kier molecular flexibility index (Phi) is 5.63. The van der Waals surface area contributed by atoms with Gasteiger partial charge in [-0.25, -0.2) is 0 Å². The Balaban J connectivity index is 2.36. The Bertz CT molecular complexity index is 262. The van der Waals surface area contributed by atoms with E-state index in [-0.39, 0.29) is 23.8 Å². The van der Waals surface area contributed by atoms with Crippen molar-refractivity contribution < 1.29 is 9.59 Å². The maximum atomic E-state index is 11.9. The molecule has 1 rings (SSSR count). The predicted molar refractivity (Wildman–Crippen MR) is 72.0 cm³/mol. The first kappa shape index (κ1) is 15.0. The molecule has 0 radical (unpaired) electrons. The van der Waals surface area contributed by atoms with Gasteiger partial charge in [-0.05, 0) is 32.6 Å². The maximum Gasteiger partial charge on any atom is 0.223 e. The van der Waals surface area contributed by atoms with Gasteiger partial charge in [0.15, 0.2) is 0 Å². The van der Waals surface area contributed by atoms with Gasteiger partial charge in [-0.2, -0.15) is 0 Å². The van der Waals surface area contributed by atoms with E-state index in [1.165, 1.54) is 0 Å². The molecule has 0 bridgehead atoms. The van der Waals surface area contributed by atoms with Crippen LogP contribution in [0.1, 0.15) is 47.0 Å². The summed E-state index contributed by atoms with van der Waals surface area (Å²) in [5.41, 5.74) is 0. The van der Waals surface area contributed by atoms with E-state index in [2.05, 4.69) is 19.2 Å². The largest absolute Gasteiger partial charge is 0.354 e. The SMILES string of the molecule is CC(C)CC(=O)N1CCC(C(=O)NC(C)C)CC1. The Morgan fingerprint density at radius 1 is 1.17 bits per heavy atom. The van der Waals surface area contributed by atoms with Crippen LogP contribution in [0.5, 0.6) is 0 Å². The molecule has 1 aliphatic heterocycles. The highest BCUT2D eigenvalue weighted by molar-refractivity contribution is 5.80. The Labute approximate surface area is 110 Å². The number of rotatable bonds is 4. The van der Waals surface area contributed by atoms with Crippen LogP contribution in [-0.4, -0.2) is 35.8 Å². The lowest BCUT2D eigenvalue weighted by Gasteiger charge is -2.32. The molecule has 0 saturated carbocycles. The molecule has 0 aromatic heterocycles. The van der Waals surface area contributed by atoms with Gasteiger partial charge in [0.2, 0.25) is 11.8 Å². The zero-order chi connectivity index (χ0) is 13.7. The van der Waals surface area contributed by atoms with E-state index >= 15 is 0 Å². The summed E-state index contributed by atoms with van der Waals surface area (Å²) < 4.78 is 0. The average Bonchev–Trinajstić information content (AvgIpc) is 2.27. The van der Waals surface area contributed by atoms with Crippen LogP contribution in [-0.2, 0) is 9.59 Å². The third kappa shape index (κ3) is 4.67. The summed E-state index contributed by atoms with van der Waals surface area (Å²) in [6.07, 6.45) is 2.20. The fourth-order valence-corrected chi connectivity index (χ4v) is 2.27. The van der Waals surface area contributed by atoms with Crippen molar-refractivity contribution in [3.05, 3.63) is 0 Å². The summed E-state index contributed by atoms with van der Waals surface area (Å²) in [6.45, 7) is 9.50. The summed E-state index contributed by atoms with van der Waals surface area (Å²) in [7, 11) is 0. The minimum Gasteiger partial charge on any atom is -0.354 e. The highest BCUT2D eigenvalue weighted by Crippen LogP contribution is 2.19. The van der Waals surface area contributed by atoms with E-state index in [1.54, 1.807) is 0 Å². The number of nitrogens with zero attached hydrogens (tertiary/aromatic N) is 1. The van der Waals surface area contributed by atoms with Gasteiger partial charge in [-0.15, -0.1) is 0 Å². The third-order valence-electron chi connectivity index (χ3n) is 3.23. The number of likely N-dealkylation sites (tertiary alicyclic amines) is 1. The molecule has 0 aromatic rings. The van der Waals surface area contributed by atoms with E-state index in [0.29, 0.717) is 12.3 Å². The van der Waals surface area contributed by atoms with E-state index < -0.39 is 0 Å². The van der Waals surface area contributed by atoms with Crippen molar-refractivity contribution in [1.82, 2.24) is 10.2 Å². The van der Waals surface area contributed by atoms with E-state index in [9.17, 15) is 9.59 Å². The number of carbonyl (C=O) groups is 2. The first-order valence-corrected chi connectivity index (χ1v) is 6.98. The van der Waals surface area contributed by atoms with Crippen LogP contribution in [0.15, 0.2) is 0 Å². The molecule has 104 valence electrons. The molecule has 0 atom stereocenters. The highest BCUT2D eigenvalue weighted by atomic mass is 16.2. The van der Waals surface area contributed by atoms with Crippen LogP contribution >= 0.6 is 0 Å². The lowest BCUT2D eigenvalue weighted by Crippen LogP contribution is -2.44. The summed E-state index contributed by atoms with van der Waals surface area (Å²) >= 11 is 0. The van der Waals surface area contributed by atoms with Crippen molar-refractivity contribution in [2.24, 2.45) is 11.8 Å². The molecule has 0 aliphatic carbocycles. The van der Waals surface area contributed by atoms with Gasteiger partial charge in [-0.3, -0.25) is 9.59 Å². The van der Waals surface area contributed by atoms with Crippen molar-refractivity contribution in [1.29, 1.82) is 0 Å². The van der Waals surface area contributed by atoms with Gasteiger partial charge in [0.25, 0.3) is 0 Å². The van der Waals surface area contributed by atoms with Crippen molar-refractivity contribution in [3.8, 4) is 0 Å². The standard InChI is InChI=1S/C14H26N2O2/c1-10(2)9-13(17)16-7-5-12(6-8-16)14(18)15-11(3)4/h10-12H,5-9H2,1-4H3,(H,15,18). The number of piperidine rings is 1. The maximum absolute atomic E-state index is 11.9. The van der Waals surface area contributed by atoms with Gasteiger partial charge >= 0.3 is 0 Å². The topological polar surface area (TPSA) is 49.4 Å². The summed E-state index contributed by atoms with van der Waals surface area (Å²) in [5.74, 6) is 0.851. The zero-order valence-electron chi connectivity index (χ0n) is 12.0. The monoisotopic (exact) mass is 254 g/mol. The third-order valence-corrected chi connectivity index (χ3v) is 3.23.